The summed E-state index contributed by atoms with van der Waals surface area (Å²) < 4.78 is 22.8. The van der Waals surface area contributed by atoms with E-state index in [1.807, 2.05) is 21.1 Å². The molecule has 0 aromatic carbocycles. The first-order chi connectivity index (χ1) is 38.6. The number of hydrogen-bond donors (Lipinski definition) is 0. The standard InChI is InChI=1S/C70H119NO8/c1-6-8-10-12-14-16-18-20-22-24-26-28-30-32-33-34-35-37-39-41-43-45-47-49-51-53-55-57-59-61-68(73)79-66(65-78-70(69(74)75)76-63-62-71(3,4)5)64-77-67(72)60-58-56-54-52-50-48-46-44-42-40-38-36-31-29-27-25-23-21-19-17-15-13-11-9-7-2/h8-11,14-17,20-23,26-29,32-33,66,70H,6-7,12-13,18-19,24-25,30-31,34-65H2,1-5H3/b10-8-,11-9-,16-14-,17-15-,22-20-,23-21-,28-26-,29-27-,33-32-. The first-order valence-electron chi connectivity index (χ1n) is 32.0. The van der Waals surface area contributed by atoms with Crippen LogP contribution in [0.3, 0.4) is 0 Å². The Morgan fingerprint density at radius 2 is 0.684 bits per heavy atom. The molecule has 0 heterocycles. The van der Waals surface area contributed by atoms with E-state index in [0.29, 0.717) is 17.4 Å². The van der Waals surface area contributed by atoms with Gasteiger partial charge in [0, 0.05) is 12.8 Å². The van der Waals surface area contributed by atoms with Crippen LogP contribution in [-0.2, 0) is 33.3 Å². The largest absolute Gasteiger partial charge is 0.545 e. The van der Waals surface area contributed by atoms with Crippen molar-refractivity contribution < 1.29 is 42.9 Å². The van der Waals surface area contributed by atoms with Crippen LogP contribution in [0.5, 0.6) is 0 Å². The predicted octanol–water partition coefficient (Wildman–Crippen LogP) is 18.1. The van der Waals surface area contributed by atoms with Crippen molar-refractivity contribution >= 4 is 17.9 Å². The molecule has 0 rings (SSSR count). The summed E-state index contributed by atoms with van der Waals surface area (Å²) in [5.41, 5.74) is 0. The number of carboxylic acid groups (broad SMARTS) is 1. The molecule has 2 unspecified atom stereocenters. The lowest BCUT2D eigenvalue weighted by Crippen LogP contribution is -2.44. The molecule has 452 valence electrons. The van der Waals surface area contributed by atoms with E-state index in [2.05, 4.69) is 123 Å². The molecule has 0 saturated heterocycles. The number of likely N-dealkylation sites (N-methyl/N-ethyl adjacent to an activating group) is 1. The Morgan fingerprint density at radius 1 is 0.380 bits per heavy atom. The molecule has 0 fully saturated rings. The summed E-state index contributed by atoms with van der Waals surface area (Å²) in [4.78, 5) is 37.4. The molecule has 0 spiro atoms. The van der Waals surface area contributed by atoms with Crippen LogP contribution < -0.4 is 5.11 Å². The van der Waals surface area contributed by atoms with Crippen LogP contribution in [-0.4, -0.2) is 82.3 Å². The fourth-order valence-corrected chi connectivity index (χ4v) is 8.67. The van der Waals surface area contributed by atoms with E-state index >= 15 is 0 Å². The van der Waals surface area contributed by atoms with E-state index in [1.165, 1.54) is 128 Å². The van der Waals surface area contributed by atoms with Gasteiger partial charge in [0.1, 0.15) is 13.2 Å². The Morgan fingerprint density at radius 3 is 1.01 bits per heavy atom. The number of unbranched alkanes of at least 4 members (excludes halogenated alkanes) is 25. The molecule has 0 amide bonds. The van der Waals surface area contributed by atoms with Gasteiger partial charge in [-0.1, -0.05) is 258 Å². The Kier molecular flexibility index (Phi) is 57.0. The van der Waals surface area contributed by atoms with Gasteiger partial charge < -0.3 is 33.3 Å². The number of rotatable bonds is 58. The van der Waals surface area contributed by atoms with Crippen molar-refractivity contribution in [3.8, 4) is 0 Å². The number of ether oxygens (including phenoxy) is 4. The summed E-state index contributed by atoms with van der Waals surface area (Å²) in [6.45, 7) is 4.53. The summed E-state index contributed by atoms with van der Waals surface area (Å²) in [6.07, 6.45) is 80.0. The highest BCUT2D eigenvalue weighted by molar-refractivity contribution is 5.70. The van der Waals surface area contributed by atoms with E-state index in [1.54, 1.807) is 0 Å². The lowest BCUT2D eigenvalue weighted by atomic mass is 10.0. The quantitative estimate of drug-likeness (QED) is 0.0195. The molecule has 2 atom stereocenters. The molecule has 0 radical (unpaired) electrons. The van der Waals surface area contributed by atoms with E-state index in [0.717, 1.165) is 96.3 Å². The zero-order chi connectivity index (χ0) is 57.6. The Hall–Kier alpha value is -4.05. The lowest BCUT2D eigenvalue weighted by molar-refractivity contribution is -0.870. The molecule has 0 bridgehead atoms. The zero-order valence-corrected chi connectivity index (χ0v) is 51.5. The van der Waals surface area contributed by atoms with Crippen molar-refractivity contribution in [2.24, 2.45) is 0 Å². The van der Waals surface area contributed by atoms with Crippen molar-refractivity contribution in [3.05, 3.63) is 109 Å². The van der Waals surface area contributed by atoms with Gasteiger partial charge in [0.25, 0.3) is 0 Å². The number of hydrogen-bond acceptors (Lipinski definition) is 8. The molecule has 0 aliphatic heterocycles. The molecule has 0 aliphatic rings. The van der Waals surface area contributed by atoms with Gasteiger partial charge in [-0.2, -0.15) is 0 Å². The average molecular weight is 1100 g/mol. The van der Waals surface area contributed by atoms with E-state index < -0.39 is 24.3 Å². The van der Waals surface area contributed by atoms with Gasteiger partial charge in [-0.05, 0) is 96.3 Å². The average Bonchev–Trinajstić information content (AvgIpc) is 3.42. The molecule has 0 aliphatic carbocycles. The molecule has 0 aromatic heterocycles. The van der Waals surface area contributed by atoms with E-state index in [4.69, 9.17) is 18.9 Å². The molecule has 0 aromatic rings. The van der Waals surface area contributed by atoms with Crippen molar-refractivity contribution in [1.82, 2.24) is 0 Å². The van der Waals surface area contributed by atoms with Crippen LogP contribution in [0.15, 0.2) is 109 Å². The second kappa shape index (κ2) is 60.1. The summed E-state index contributed by atoms with van der Waals surface area (Å²) >= 11 is 0. The summed E-state index contributed by atoms with van der Waals surface area (Å²) in [7, 11) is 5.92. The zero-order valence-electron chi connectivity index (χ0n) is 51.5. The highest BCUT2D eigenvalue weighted by Gasteiger charge is 2.22. The van der Waals surface area contributed by atoms with Crippen LogP contribution >= 0.6 is 0 Å². The minimum Gasteiger partial charge on any atom is -0.545 e. The molecule has 0 N–H and O–H groups in total. The van der Waals surface area contributed by atoms with Crippen molar-refractivity contribution in [1.29, 1.82) is 0 Å². The van der Waals surface area contributed by atoms with Gasteiger partial charge in [-0.15, -0.1) is 0 Å². The topological polar surface area (TPSA) is 111 Å². The number of carbonyl (C=O) groups is 3. The Labute approximate surface area is 485 Å². The highest BCUT2D eigenvalue weighted by atomic mass is 16.7. The van der Waals surface area contributed by atoms with Crippen molar-refractivity contribution in [3.63, 3.8) is 0 Å². The maximum Gasteiger partial charge on any atom is 0.306 e. The second-order valence-electron chi connectivity index (χ2n) is 22.3. The van der Waals surface area contributed by atoms with Crippen LogP contribution in [0, 0.1) is 0 Å². The van der Waals surface area contributed by atoms with E-state index in [-0.39, 0.29) is 38.6 Å². The van der Waals surface area contributed by atoms with Gasteiger partial charge in [-0.3, -0.25) is 9.59 Å². The third-order valence-electron chi connectivity index (χ3n) is 13.5. The first-order valence-corrected chi connectivity index (χ1v) is 32.0. The van der Waals surface area contributed by atoms with Gasteiger partial charge in [0.2, 0.25) is 0 Å². The first kappa shape index (κ1) is 75.0. The maximum absolute atomic E-state index is 12.9. The summed E-state index contributed by atoms with van der Waals surface area (Å²) in [5.74, 6) is -2.29. The normalized spacial score (nSPS) is 13.5. The SMILES string of the molecule is CC/C=C\C/C=C\C/C=C\C/C=C\C/C=C\CCCCCCCCCCCCCCCC(=O)OC(COC(=O)CCCCCCCCCCCCCC/C=C\C/C=C\C/C=C\C/C=C\CC)COC(OCC[N+](C)(C)C)C(=O)[O-]. The summed E-state index contributed by atoms with van der Waals surface area (Å²) in [6, 6.07) is 0. The van der Waals surface area contributed by atoms with Gasteiger partial charge in [0.05, 0.1) is 40.3 Å². The molecule has 79 heavy (non-hydrogen) atoms. The number of carbonyl (C=O) groups excluding carboxylic acids is 3. The van der Waals surface area contributed by atoms with Crippen LogP contribution in [0.4, 0.5) is 0 Å². The van der Waals surface area contributed by atoms with Gasteiger partial charge in [-0.25, -0.2) is 0 Å². The number of nitrogens with zero attached hydrogens (tertiary/aromatic N) is 1. The fourth-order valence-electron chi connectivity index (χ4n) is 8.67. The maximum atomic E-state index is 12.9. The van der Waals surface area contributed by atoms with Crippen LogP contribution in [0.25, 0.3) is 0 Å². The molecular formula is C70H119NO8. The highest BCUT2D eigenvalue weighted by Crippen LogP contribution is 2.16. The fraction of sp³-hybridized carbons (Fsp3) is 0.700. The predicted molar refractivity (Wildman–Crippen MR) is 333 cm³/mol. The number of aliphatic carboxylic acids is 1. The number of quaternary nitrogens is 1. The third-order valence-corrected chi connectivity index (χ3v) is 13.5. The molecule has 9 nitrogen and oxygen atoms in total. The van der Waals surface area contributed by atoms with Crippen LogP contribution in [0.1, 0.15) is 258 Å². The molecule has 9 heteroatoms. The Bertz CT molecular complexity index is 1660. The molecular weight excluding hydrogens is 983 g/mol. The minimum atomic E-state index is -1.63. The summed E-state index contributed by atoms with van der Waals surface area (Å²) in [5, 5.41) is 11.8. The van der Waals surface area contributed by atoms with Crippen LogP contribution in [0.2, 0.25) is 0 Å². The number of allylic oxidation sites excluding steroid dienone is 18. The number of carboxylic acids is 1. The van der Waals surface area contributed by atoms with E-state index in [9.17, 15) is 19.5 Å². The third kappa shape index (κ3) is 61.4. The van der Waals surface area contributed by atoms with Crippen molar-refractivity contribution in [2.75, 3.05) is 47.5 Å². The number of esters is 2. The lowest BCUT2D eigenvalue weighted by Gasteiger charge is -2.26. The second-order valence-corrected chi connectivity index (χ2v) is 22.3. The Balaban J connectivity index is 4.19. The van der Waals surface area contributed by atoms with Crippen molar-refractivity contribution in [2.45, 2.75) is 270 Å². The van der Waals surface area contributed by atoms with Gasteiger partial charge >= 0.3 is 11.9 Å². The minimum absolute atomic E-state index is 0.143. The van der Waals surface area contributed by atoms with Gasteiger partial charge in [0.15, 0.2) is 12.4 Å². The monoisotopic (exact) mass is 1100 g/mol. The molecule has 0 saturated carbocycles. The smallest absolute Gasteiger partial charge is 0.306 e.